The van der Waals surface area contributed by atoms with Crippen molar-refractivity contribution >= 4 is 16.0 Å². The molecular formula is C16H25NO4S. The number of benzene rings is 1. The van der Waals surface area contributed by atoms with Gasteiger partial charge < -0.3 is 4.74 Å². The van der Waals surface area contributed by atoms with E-state index in [1.54, 1.807) is 12.1 Å². The summed E-state index contributed by atoms with van der Waals surface area (Å²) < 4.78 is 31.3. The molecule has 6 heteroatoms. The number of aryl methyl sites for hydroxylation is 1. The highest BCUT2D eigenvalue weighted by Gasteiger charge is 2.15. The zero-order valence-electron chi connectivity index (χ0n) is 13.3. The van der Waals surface area contributed by atoms with Gasteiger partial charge >= 0.3 is 5.97 Å². The van der Waals surface area contributed by atoms with E-state index in [1.165, 1.54) is 0 Å². The number of esters is 1. The number of hydrogen-bond donors (Lipinski definition) is 1. The molecule has 0 amide bonds. The Kier molecular flexibility index (Phi) is 8.12. The first kappa shape index (κ1) is 18.6. The van der Waals surface area contributed by atoms with Crippen molar-refractivity contribution in [1.29, 1.82) is 0 Å². The van der Waals surface area contributed by atoms with Gasteiger partial charge in [-0.2, -0.15) is 4.72 Å². The van der Waals surface area contributed by atoms with Gasteiger partial charge in [0.15, 0.2) is 0 Å². The van der Waals surface area contributed by atoms with Gasteiger partial charge in [0, 0.05) is 0 Å². The fourth-order valence-electron chi connectivity index (χ4n) is 1.83. The number of rotatable bonds is 10. The van der Waals surface area contributed by atoms with Crippen LogP contribution in [0, 0.1) is 0 Å². The van der Waals surface area contributed by atoms with Crippen LogP contribution in [0.15, 0.2) is 29.2 Å². The summed E-state index contributed by atoms with van der Waals surface area (Å²) in [4.78, 5) is 11.6. The highest BCUT2D eigenvalue weighted by molar-refractivity contribution is 7.89. The molecule has 0 saturated heterocycles. The Bertz CT molecular complexity index is 552. The van der Waals surface area contributed by atoms with Crippen LogP contribution >= 0.6 is 0 Å². The lowest BCUT2D eigenvalue weighted by Gasteiger charge is -2.08. The molecule has 1 aromatic carbocycles. The Balaban J connectivity index is 2.53. The van der Waals surface area contributed by atoms with Crippen molar-refractivity contribution in [3.63, 3.8) is 0 Å². The third-order valence-electron chi connectivity index (χ3n) is 3.22. The molecule has 0 heterocycles. The number of hydrogen-bond acceptors (Lipinski definition) is 4. The van der Waals surface area contributed by atoms with Gasteiger partial charge in [0.25, 0.3) is 0 Å². The van der Waals surface area contributed by atoms with Crippen LogP contribution in [0.1, 0.15) is 45.1 Å². The summed E-state index contributed by atoms with van der Waals surface area (Å²) in [5.41, 5.74) is 1.11. The maximum absolute atomic E-state index is 12.1. The number of nitrogens with one attached hydrogen (secondary N) is 1. The lowest BCUT2D eigenvalue weighted by atomic mass is 10.1. The molecule has 124 valence electrons. The van der Waals surface area contributed by atoms with Crippen molar-refractivity contribution in [1.82, 2.24) is 4.72 Å². The zero-order chi connectivity index (χ0) is 16.4. The van der Waals surface area contributed by atoms with E-state index in [9.17, 15) is 13.2 Å². The molecular weight excluding hydrogens is 302 g/mol. The van der Waals surface area contributed by atoms with Gasteiger partial charge in [-0.25, -0.2) is 8.42 Å². The molecule has 0 saturated carbocycles. The fourth-order valence-corrected chi connectivity index (χ4v) is 2.80. The van der Waals surface area contributed by atoms with Crippen molar-refractivity contribution < 1.29 is 17.9 Å². The van der Waals surface area contributed by atoms with Crippen molar-refractivity contribution in [2.24, 2.45) is 0 Å². The van der Waals surface area contributed by atoms with Crippen molar-refractivity contribution in [3.05, 3.63) is 29.8 Å². The van der Waals surface area contributed by atoms with Gasteiger partial charge in [0.1, 0.15) is 6.54 Å². The van der Waals surface area contributed by atoms with Crippen LogP contribution in [-0.4, -0.2) is 27.5 Å². The predicted octanol–water partition coefficient (Wildman–Crippen LogP) is 2.65. The topological polar surface area (TPSA) is 72.5 Å². The third-order valence-corrected chi connectivity index (χ3v) is 4.64. The van der Waals surface area contributed by atoms with E-state index in [-0.39, 0.29) is 11.4 Å². The number of carbonyl (C=O) groups excluding carboxylic acids is 1. The smallest absolute Gasteiger partial charge is 0.321 e. The maximum atomic E-state index is 12.1. The second kappa shape index (κ2) is 9.58. The van der Waals surface area contributed by atoms with Crippen LogP contribution in [0.25, 0.3) is 0 Å². The van der Waals surface area contributed by atoms with E-state index in [0.717, 1.165) is 37.7 Å². The minimum atomic E-state index is -3.67. The standard InChI is InChI=1S/C16H25NO4S/c1-3-5-7-14-8-10-15(11-9-14)22(19,20)17-13-16(18)21-12-6-4-2/h8-11,17H,3-7,12-13H2,1-2H3. The van der Waals surface area contributed by atoms with Gasteiger partial charge in [-0.05, 0) is 37.0 Å². The summed E-state index contributed by atoms with van der Waals surface area (Å²) in [6, 6.07) is 6.75. The molecule has 0 aliphatic carbocycles. The van der Waals surface area contributed by atoms with Crippen molar-refractivity contribution in [2.45, 2.75) is 50.8 Å². The molecule has 5 nitrogen and oxygen atoms in total. The summed E-state index contributed by atoms with van der Waals surface area (Å²) in [7, 11) is -3.67. The fraction of sp³-hybridized carbons (Fsp3) is 0.562. The average Bonchev–Trinajstić information content (AvgIpc) is 2.52. The van der Waals surface area contributed by atoms with Crippen LogP contribution in [0.4, 0.5) is 0 Å². The van der Waals surface area contributed by atoms with E-state index in [1.807, 2.05) is 19.1 Å². The molecule has 0 radical (unpaired) electrons. The van der Waals surface area contributed by atoms with E-state index in [4.69, 9.17) is 4.74 Å². The van der Waals surface area contributed by atoms with Crippen LogP contribution in [0.3, 0.4) is 0 Å². The highest BCUT2D eigenvalue weighted by atomic mass is 32.2. The maximum Gasteiger partial charge on any atom is 0.321 e. The summed E-state index contributed by atoms with van der Waals surface area (Å²) in [5, 5.41) is 0. The van der Waals surface area contributed by atoms with E-state index in [0.29, 0.717) is 6.61 Å². The number of carbonyl (C=O) groups is 1. The first-order valence-corrected chi connectivity index (χ1v) is 9.22. The minimum absolute atomic E-state index is 0.161. The molecule has 0 aliphatic rings. The van der Waals surface area contributed by atoms with Gasteiger partial charge in [0.05, 0.1) is 11.5 Å². The van der Waals surface area contributed by atoms with Gasteiger partial charge in [0.2, 0.25) is 10.0 Å². The van der Waals surface area contributed by atoms with E-state index < -0.39 is 16.0 Å². The first-order chi connectivity index (χ1) is 10.5. The molecule has 1 rings (SSSR count). The minimum Gasteiger partial charge on any atom is -0.465 e. The predicted molar refractivity (Wildman–Crippen MR) is 86.1 cm³/mol. The quantitative estimate of drug-likeness (QED) is 0.530. The third kappa shape index (κ3) is 6.58. The molecule has 0 fully saturated rings. The lowest BCUT2D eigenvalue weighted by molar-refractivity contribution is -0.142. The summed E-state index contributed by atoms with van der Waals surface area (Å²) in [6.07, 6.45) is 4.81. The Hall–Kier alpha value is -1.40. The normalized spacial score (nSPS) is 11.4. The second-order valence-corrected chi connectivity index (χ2v) is 6.91. The lowest BCUT2D eigenvalue weighted by Crippen LogP contribution is -2.30. The Labute approximate surface area is 133 Å². The molecule has 1 aromatic rings. The molecule has 0 aromatic heterocycles. The molecule has 0 aliphatic heterocycles. The van der Waals surface area contributed by atoms with Crippen LogP contribution < -0.4 is 4.72 Å². The Morgan fingerprint density at radius 2 is 1.73 bits per heavy atom. The first-order valence-electron chi connectivity index (χ1n) is 7.73. The van der Waals surface area contributed by atoms with Gasteiger partial charge in [-0.1, -0.05) is 38.8 Å². The Morgan fingerprint density at radius 3 is 2.32 bits per heavy atom. The molecule has 0 unspecified atom stereocenters. The SMILES string of the molecule is CCCCOC(=O)CNS(=O)(=O)c1ccc(CCCC)cc1. The second-order valence-electron chi connectivity index (χ2n) is 5.15. The number of sulfonamides is 1. The van der Waals surface area contributed by atoms with Crippen LogP contribution in [0.5, 0.6) is 0 Å². The van der Waals surface area contributed by atoms with E-state index in [2.05, 4.69) is 11.6 Å². The number of ether oxygens (including phenoxy) is 1. The average molecular weight is 327 g/mol. The highest BCUT2D eigenvalue weighted by Crippen LogP contribution is 2.12. The molecule has 0 atom stereocenters. The van der Waals surface area contributed by atoms with Gasteiger partial charge in [-0.15, -0.1) is 0 Å². The van der Waals surface area contributed by atoms with Crippen LogP contribution in [0.2, 0.25) is 0 Å². The van der Waals surface area contributed by atoms with E-state index >= 15 is 0 Å². The molecule has 22 heavy (non-hydrogen) atoms. The van der Waals surface area contributed by atoms with Crippen LogP contribution in [-0.2, 0) is 26.0 Å². The molecule has 1 N–H and O–H groups in total. The largest absolute Gasteiger partial charge is 0.465 e. The number of unbranched alkanes of at least 4 members (excludes halogenated alkanes) is 2. The van der Waals surface area contributed by atoms with Gasteiger partial charge in [-0.3, -0.25) is 4.79 Å². The monoisotopic (exact) mass is 327 g/mol. The summed E-state index contributed by atoms with van der Waals surface area (Å²) >= 11 is 0. The molecule has 0 spiro atoms. The summed E-state index contributed by atoms with van der Waals surface area (Å²) in [5.74, 6) is -0.559. The van der Waals surface area contributed by atoms with Crippen molar-refractivity contribution in [2.75, 3.05) is 13.2 Å². The summed E-state index contributed by atoms with van der Waals surface area (Å²) in [6.45, 7) is 4.08. The zero-order valence-corrected chi connectivity index (χ0v) is 14.1. The molecule has 0 bridgehead atoms. The van der Waals surface area contributed by atoms with Crippen molar-refractivity contribution in [3.8, 4) is 0 Å². The Morgan fingerprint density at radius 1 is 1.09 bits per heavy atom.